The number of aromatic carboxylic acids is 1. The number of rotatable bonds is 4. The normalized spacial score (nSPS) is 10.4. The third-order valence-corrected chi connectivity index (χ3v) is 3.05. The van der Waals surface area contributed by atoms with Crippen LogP contribution in [-0.4, -0.2) is 21.0 Å². The van der Waals surface area contributed by atoms with E-state index in [0.29, 0.717) is 16.7 Å². The second-order valence-corrected chi connectivity index (χ2v) is 4.26. The maximum atomic E-state index is 10.7. The highest BCUT2D eigenvalue weighted by molar-refractivity contribution is 7.98. The van der Waals surface area contributed by atoms with Gasteiger partial charge < -0.3 is 9.52 Å². The summed E-state index contributed by atoms with van der Waals surface area (Å²) in [7, 11) is 0. The van der Waals surface area contributed by atoms with Crippen LogP contribution in [0.4, 0.5) is 0 Å². The first-order valence-corrected chi connectivity index (χ1v) is 5.88. The number of furan rings is 1. The fraction of sp³-hybridized carbons (Fsp3) is 0.182. The summed E-state index contributed by atoms with van der Waals surface area (Å²) in [6.45, 7) is 1.74. The van der Waals surface area contributed by atoms with E-state index in [9.17, 15) is 4.79 Å². The van der Waals surface area contributed by atoms with Crippen LogP contribution in [0.3, 0.4) is 0 Å². The minimum Gasteiger partial charge on any atom is -0.475 e. The Morgan fingerprint density at radius 3 is 2.76 bits per heavy atom. The maximum absolute atomic E-state index is 10.7. The van der Waals surface area contributed by atoms with E-state index in [0.717, 1.165) is 5.56 Å². The molecule has 88 valence electrons. The maximum Gasteiger partial charge on any atom is 0.371 e. The largest absolute Gasteiger partial charge is 0.475 e. The van der Waals surface area contributed by atoms with Crippen molar-refractivity contribution in [2.24, 2.45) is 0 Å². The van der Waals surface area contributed by atoms with Gasteiger partial charge in [-0.05, 0) is 19.1 Å². The molecule has 2 rings (SSSR count). The number of nitrogens with zero attached hydrogens (tertiary/aromatic N) is 2. The molecule has 0 unspecified atom stereocenters. The Morgan fingerprint density at radius 1 is 1.47 bits per heavy atom. The molecule has 1 N–H and O–H groups in total. The summed E-state index contributed by atoms with van der Waals surface area (Å²) in [5.41, 5.74) is 0.847. The van der Waals surface area contributed by atoms with Crippen molar-refractivity contribution < 1.29 is 14.3 Å². The van der Waals surface area contributed by atoms with Gasteiger partial charge in [0.1, 0.15) is 5.76 Å². The molecule has 6 heteroatoms. The summed E-state index contributed by atoms with van der Waals surface area (Å²) in [6, 6.07) is 3.28. The van der Waals surface area contributed by atoms with Crippen molar-refractivity contribution in [3.63, 3.8) is 0 Å². The number of hydrogen-bond acceptors (Lipinski definition) is 5. The van der Waals surface area contributed by atoms with Gasteiger partial charge in [0.15, 0.2) is 5.16 Å². The highest BCUT2D eigenvalue weighted by Crippen LogP contribution is 2.23. The number of carboxylic acid groups (broad SMARTS) is 1. The summed E-state index contributed by atoms with van der Waals surface area (Å²) < 4.78 is 5.11. The summed E-state index contributed by atoms with van der Waals surface area (Å²) >= 11 is 1.44. The average Bonchev–Trinajstić information content (AvgIpc) is 2.70. The van der Waals surface area contributed by atoms with Crippen LogP contribution in [0, 0.1) is 6.92 Å². The molecule has 0 fully saturated rings. The van der Waals surface area contributed by atoms with Gasteiger partial charge in [0.05, 0.1) is 0 Å². The van der Waals surface area contributed by atoms with Crippen molar-refractivity contribution in [2.45, 2.75) is 17.8 Å². The first-order chi connectivity index (χ1) is 8.16. The number of aryl methyl sites for hydroxylation is 1. The van der Waals surface area contributed by atoms with Gasteiger partial charge in [-0.1, -0.05) is 11.8 Å². The molecular formula is C11H10N2O3S. The number of hydrogen-bond donors (Lipinski definition) is 1. The molecule has 0 saturated heterocycles. The van der Waals surface area contributed by atoms with E-state index >= 15 is 0 Å². The number of thioether (sulfide) groups is 1. The number of carboxylic acids is 1. The smallest absolute Gasteiger partial charge is 0.371 e. The Hall–Kier alpha value is -1.82. The lowest BCUT2D eigenvalue weighted by Gasteiger charge is -1.97. The van der Waals surface area contributed by atoms with Crippen LogP contribution in [0.25, 0.3) is 0 Å². The first kappa shape index (κ1) is 11.7. The Morgan fingerprint density at radius 2 is 2.18 bits per heavy atom. The Bertz CT molecular complexity index is 525. The molecule has 0 bridgehead atoms. The van der Waals surface area contributed by atoms with Crippen LogP contribution < -0.4 is 0 Å². The van der Waals surface area contributed by atoms with Gasteiger partial charge in [0.25, 0.3) is 0 Å². The summed E-state index contributed by atoms with van der Waals surface area (Å²) in [4.78, 5) is 18.9. The second-order valence-electron chi connectivity index (χ2n) is 3.32. The van der Waals surface area contributed by atoms with E-state index < -0.39 is 5.97 Å². The Balaban J connectivity index is 2.07. The lowest BCUT2D eigenvalue weighted by atomic mass is 10.3. The Labute approximate surface area is 102 Å². The lowest BCUT2D eigenvalue weighted by Crippen LogP contribution is -1.91. The summed E-state index contributed by atoms with van der Waals surface area (Å²) in [5, 5.41) is 9.44. The number of carbonyl (C=O) groups is 1. The quantitative estimate of drug-likeness (QED) is 0.663. The monoisotopic (exact) mass is 250 g/mol. The zero-order valence-corrected chi connectivity index (χ0v) is 9.90. The van der Waals surface area contributed by atoms with Crippen molar-refractivity contribution in [1.82, 2.24) is 9.97 Å². The third-order valence-electron chi connectivity index (χ3n) is 2.13. The summed E-state index contributed by atoms with van der Waals surface area (Å²) in [6.07, 6.45) is 3.33. The minimum absolute atomic E-state index is 0.0351. The molecule has 0 aliphatic rings. The molecule has 0 aromatic carbocycles. The van der Waals surface area contributed by atoms with Crippen molar-refractivity contribution in [1.29, 1.82) is 0 Å². The molecule has 2 heterocycles. The standard InChI is InChI=1S/C11H10N2O3S/c1-7-8(5-9(16-7)10(14)15)6-17-11-12-3-2-4-13-11/h2-5H,6H2,1H3,(H,14,15). The topological polar surface area (TPSA) is 76.2 Å². The average molecular weight is 250 g/mol. The highest BCUT2D eigenvalue weighted by Gasteiger charge is 2.13. The summed E-state index contributed by atoms with van der Waals surface area (Å²) in [5.74, 6) is 0.116. The van der Waals surface area contributed by atoms with Crippen LogP contribution in [-0.2, 0) is 5.75 Å². The molecular weight excluding hydrogens is 240 g/mol. The highest BCUT2D eigenvalue weighted by atomic mass is 32.2. The molecule has 5 nitrogen and oxygen atoms in total. The van der Waals surface area contributed by atoms with Gasteiger partial charge in [-0.25, -0.2) is 14.8 Å². The molecule has 0 aliphatic heterocycles. The van der Waals surface area contributed by atoms with Gasteiger partial charge in [0.2, 0.25) is 5.76 Å². The zero-order valence-electron chi connectivity index (χ0n) is 9.08. The van der Waals surface area contributed by atoms with Crippen LogP contribution in [0.15, 0.2) is 34.1 Å². The fourth-order valence-electron chi connectivity index (χ4n) is 1.27. The van der Waals surface area contributed by atoms with E-state index in [1.54, 1.807) is 25.4 Å². The van der Waals surface area contributed by atoms with E-state index in [4.69, 9.17) is 9.52 Å². The van der Waals surface area contributed by atoms with E-state index in [2.05, 4.69) is 9.97 Å². The van der Waals surface area contributed by atoms with Gasteiger partial charge in [-0.3, -0.25) is 0 Å². The molecule has 0 atom stereocenters. The van der Waals surface area contributed by atoms with E-state index in [1.807, 2.05) is 0 Å². The molecule has 2 aromatic rings. The zero-order chi connectivity index (χ0) is 12.3. The van der Waals surface area contributed by atoms with E-state index in [-0.39, 0.29) is 5.76 Å². The van der Waals surface area contributed by atoms with Gasteiger partial charge in [-0.2, -0.15) is 0 Å². The van der Waals surface area contributed by atoms with Crippen LogP contribution in [0.1, 0.15) is 21.9 Å². The van der Waals surface area contributed by atoms with Crippen molar-refractivity contribution in [3.8, 4) is 0 Å². The van der Waals surface area contributed by atoms with Gasteiger partial charge in [0, 0.05) is 23.7 Å². The van der Waals surface area contributed by atoms with Crippen molar-refractivity contribution in [3.05, 3.63) is 41.6 Å². The molecule has 0 spiro atoms. The number of aromatic nitrogens is 2. The second kappa shape index (κ2) is 5.01. The van der Waals surface area contributed by atoms with Gasteiger partial charge >= 0.3 is 5.97 Å². The molecule has 17 heavy (non-hydrogen) atoms. The van der Waals surface area contributed by atoms with Crippen LogP contribution >= 0.6 is 11.8 Å². The molecule has 0 aliphatic carbocycles. The molecule has 2 aromatic heterocycles. The van der Waals surface area contributed by atoms with Crippen molar-refractivity contribution >= 4 is 17.7 Å². The third kappa shape index (κ3) is 2.85. The van der Waals surface area contributed by atoms with Crippen molar-refractivity contribution in [2.75, 3.05) is 0 Å². The minimum atomic E-state index is -1.06. The van der Waals surface area contributed by atoms with Crippen LogP contribution in [0.2, 0.25) is 0 Å². The first-order valence-electron chi connectivity index (χ1n) is 4.89. The van der Waals surface area contributed by atoms with E-state index in [1.165, 1.54) is 17.8 Å². The molecule has 0 radical (unpaired) electrons. The SMILES string of the molecule is Cc1oc(C(=O)O)cc1CSc1ncccn1. The van der Waals surface area contributed by atoms with Crippen LogP contribution in [0.5, 0.6) is 0 Å². The lowest BCUT2D eigenvalue weighted by molar-refractivity contribution is 0.0661. The molecule has 0 saturated carbocycles. The fourth-order valence-corrected chi connectivity index (χ4v) is 2.11. The Kier molecular flexibility index (Phi) is 3.43. The predicted molar refractivity (Wildman–Crippen MR) is 62.0 cm³/mol. The predicted octanol–water partition coefficient (Wildman–Crippen LogP) is 2.37. The molecule has 0 amide bonds. The van der Waals surface area contributed by atoms with Gasteiger partial charge in [-0.15, -0.1) is 0 Å².